The molecule has 0 aliphatic carbocycles. The number of benzene rings is 3. The highest BCUT2D eigenvalue weighted by Crippen LogP contribution is 2.26. The van der Waals surface area contributed by atoms with Crippen LogP contribution in [0.5, 0.6) is 11.5 Å². The molecule has 1 atom stereocenters. The standard InChI is InChI=1S/C29H34FN3O6S.C2HF3O2/c1-21(23-10-12-25(30)13-11-23)33-29(35)24-16-26(38-19-28(34)32-15-7-3-6-14-31)18-27(17-24)39-40(36,37)20-22-8-4-2-5-9-22;3-2(4,5)1(6)7/h2,4-5,8-13,16-18,21H,3,6-7,14-15,19-20,31H2,1H3,(H,32,34)(H,33,35);(H,6,7)/t21-;/m1./s1. The van der Waals surface area contributed by atoms with Crippen molar-refractivity contribution in [3.63, 3.8) is 0 Å². The Morgan fingerprint density at radius 1 is 0.936 bits per heavy atom. The number of rotatable bonds is 15. The quantitative estimate of drug-likeness (QED) is 0.102. The predicted octanol–water partition coefficient (Wildman–Crippen LogP) is 4.48. The number of unbranched alkanes of at least 4 members (excludes halogenated alkanes) is 2. The lowest BCUT2D eigenvalue weighted by molar-refractivity contribution is -0.192. The van der Waals surface area contributed by atoms with E-state index in [0.29, 0.717) is 24.2 Å². The van der Waals surface area contributed by atoms with Gasteiger partial charge in [-0.25, -0.2) is 9.18 Å². The third kappa shape index (κ3) is 15.0. The Morgan fingerprint density at radius 3 is 2.15 bits per heavy atom. The molecule has 0 heterocycles. The fourth-order valence-corrected chi connectivity index (χ4v) is 4.83. The molecule has 0 saturated carbocycles. The molecule has 2 amide bonds. The fraction of sp³-hybridized carbons (Fsp3) is 0.323. The largest absolute Gasteiger partial charge is 0.490 e. The van der Waals surface area contributed by atoms with Gasteiger partial charge < -0.3 is 30.4 Å². The summed E-state index contributed by atoms with van der Waals surface area (Å²) in [4.78, 5) is 34.2. The average Bonchev–Trinajstić information content (AvgIpc) is 3.00. The van der Waals surface area contributed by atoms with E-state index in [9.17, 15) is 35.6 Å². The summed E-state index contributed by atoms with van der Waals surface area (Å²) < 4.78 is 81.4. The summed E-state index contributed by atoms with van der Waals surface area (Å²) in [5, 5.41) is 12.7. The van der Waals surface area contributed by atoms with Crippen LogP contribution >= 0.6 is 0 Å². The molecule has 16 heteroatoms. The van der Waals surface area contributed by atoms with E-state index in [1.54, 1.807) is 49.4 Å². The van der Waals surface area contributed by atoms with Crippen molar-refractivity contribution in [3.05, 3.63) is 95.3 Å². The summed E-state index contributed by atoms with van der Waals surface area (Å²) >= 11 is 0. The Bertz CT molecular complexity index is 1570. The molecule has 11 nitrogen and oxygen atoms in total. The number of ether oxygens (including phenoxy) is 1. The number of carbonyl (C=O) groups is 3. The van der Waals surface area contributed by atoms with Crippen molar-refractivity contribution in [2.45, 2.75) is 44.2 Å². The van der Waals surface area contributed by atoms with E-state index < -0.39 is 40.0 Å². The lowest BCUT2D eigenvalue weighted by Gasteiger charge is -2.16. The molecule has 0 aromatic heterocycles. The van der Waals surface area contributed by atoms with Gasteiger partial charge in [0.2, 0.25) is 0 Å². The molecule has 5 N–H and O–H groups in total. The van der Waals surface area contributed by atoms with Crippen molar-refractivity contribution in [1.29, 1.82) is 0 Å². The third-order valence-corrected chi connectivity index (χ3v) is 7.22. The zero-order valence-electron chi connectivity index (χ0n) is 25.3. The monoisotopic (exact) mass is 685 g/mol. The highest BCUT2D eigenvalue weighted by Gasteiger charge is 2.38. The van der Waals surface area contributed by atoms with Gasteiger partial charge in [-0.15, -0.1) is 0 Å². The van der Waals surface area contributed by atoms with Crippen LogP contribution in [0, 0.1) is 5.82 Å². The third-order valence-electron chi connectivity index (χ3n) is 6.08. The number of nitrogens with two attached hydrogens (primary N) is 1. The summed E-state index contributed by atoms with van der Waals surface area (Å²) in [6, 6.07) is 17.7. The Morgan fingerprint density at radius 2 is 1.55 bits per heavy atom. The number of carbonyl (C=O) groups excluding carboxylic acids is 2. The van der Waals surface area contributed by atoms with E-state index in [2.05, 4.69) is 10.6 Å². The van der Waals surface area contributed by atoms with Crippen LogP contribution in [-0.4, -0.2) is 57.2 Å². The number of amides is 2. The molecule has 47 heavy (non-hydrogen) atoms. The Kier molecular flexibility index (Phi) is 15.1. The minimum absolute atomic E-state index is 0.0542. The number of halogens is 4. The topological polar surface area (TPSA) is 174 Å². The molecule has 0 spiro atoms. The van der Waals surface area contributed by atoms with Gasteiger partial charge in [-0.3, -0.25) is 9.59 Å². The van der Waals surface area contributed by atoms with Crippen LogP contribution < -0.4 is 25.3 Å². The molecule has 0 fully saturated rings. The smallest absolute Gasteiger partial charge is 0.484 e. The zero-order valence-corrected chi connectivity index (χ0v) is 26.1. The number of alkyl halides is 3. The van der Waals surface area contributed by atoms with Crippen LogP contribution in [0.25, 0.3) is 0 Å². The maximum Gasteiger partial charge on any atom is 0.490 e. The first kappa shape index (κ1) is 38.5. The highest BCUT2D eigenvalue weighted by molar-refractivity contribution is 7.86. The number of nitrogens with one attached hydrogen (secondary N) is 2. The molecule has 0 radical (unpaired) electrons. The van der Waals surface area contributed by atoms with Gasteiger partial charge in [0, 0.05) is 18.2 Å². The SMILES string of the molecule is C[C@@H](NC(=O)c1cc(OCC(=O)NCCCCCN)cc(OS(=O)(=O)Cc2ccccc2)c1)c1ccc(F)cc1.O=C(O)C(F)(F)F. The Hall–Kier alpha value is -4.70. The molecule has 3 aromatic carbocycles. The molecule has 0 bridgehead atoms. The second kappa shape index (κ2) is 18.4. The van der Waals surface area contributed by atoms with Gasteiger partial charge >= 0.3 is 22.3 Å². The first-order chi connectivity index (χ1) is 22.1. The van der Waals surface area contributed by atoms with Crippen molar-refractivity contribution >= 4 is 27.9 Å². The van der Waals surface area contributed by atoms with E-state index in [4.69, 9.17) is 24.6 Å². The first-order valence-corrected chi connectivity index (χ1v) is 15.7. The Balaban J connectivity index is 0.000000984. The fourth-order valence-electron chi connectivity index (χ4n) is 3.78. The lowest BCUT2D eigenvalue weighted by Crippen LogP contribution is -2.30. The van der Waals surface area contributed by atoms with Crippen LogP contribution in [0.1, 0.15) is 53.7 Å². The highest BCUT2D eigenvalue weighted by atomic mass is 32.2. The van der Waals surface area contributed by atoms with Crippen molar-refractivity contribution in [1.82, 2.24) is 10.6 Å². The number of carboxylic acids is 1. The molecule has 3 rings (SSSR count). The molecule has 3 aromatic rings. The molecule has 0 aliphatic rings. The van der Waals surface area contributed by atoms with Crippen molar-refractivity contribution in [2.24, 2.45) is 5.73 Å². The molecular formula is C31H35F4N3O8S. The number of hydrogen-bond acceptors (Lipinski definition) is 8. The van der Waals surface area contributed by atoms with Crippen LogP contribution in [0.3, 0.4) is 0 Å². The normalized spacial score (nSPS) is 11.8. The Labute approximate surface area is 269 Å². The van der Waals surface area contributed by atoms with Crippen LogP contribution in [0.15, 0.2) is 72.8 Å². The molecular weight excluding hydrogens is 650 g/mol. The maximum absolute atomic E-state index is 13.3. The summed E-state index contributed by atoms with van der Waals surface area (Å²) in [5.41, 5.74) is 6.73. The number of carboxylic acid groups (broad SMARTS) is 1. The summed E-state index contributed by atoms with van der Waals surface area (Å²) in [6.07, 6.45) is -2.54. The average molecular weight is 686 g/mol. The maximum atomic E-state index is 13.3. The van der Waals surface area contributed by atoms with Crippen LogP contribution in [-0.2, 0) is 25.5 Å². The van der Waals surface area contributed by atoms with Gasteiger partial charge in [-0.2, -0.15) is 21.6 Å². The van der Waals surface area contributed by atoms with Crippen molar-refractivity contribution < 1.29 is 54.4 Å². The van der Waals surface area contributed by atoms with Gasteiger partial charge in [0.25, 0.3) is 11.8 Å². The zero-order chi connectivity index (χ0) is 35.0. The molecule has 0 aliphatic heterocycles. The number of aliphatic carboxylic acids is 1. The van der Waals surface area contributed by atoms with E-state index in [0.717, 1.165) is 19.3 Å². The summed E-state index contributed by atoms with van der Waals surface area (Å²) in [5.74, 6) is -4.52. The minimum atomic E-state index is -5.08. The van der Waals surface area contributed by atoms with Crippen LogP contribution in [0.4, 0.5) is 17.6 Å². The van der Waals surface area contributed by atoms with E-state index in [-0.39, 0.29) is 35.3 Å². The van der Waals surface area contributed by atoms with Crippen molar-refractivity contribution in [3.8, 4) is 11.5 Å². The predicted molar refractivity (Wildman–Crippen MR) is 164 cm³/mol. The van der Waals surface area contributed by atoms with Gasteiger partial charge in [-0.1, -0.05) is 48.9 Å². The van der Waals surface area contributed by atoms with Gasteiger partial charge in [-0.05, 0) is 61.7 Å². The second-order valence-corrected chi connectivity index (χ2v) is 11.6. The van der Waals surface area contributed by atoms with Crippen molar-refractivity contribution in [2.75, 3.05) is 19.7 Å². The van der Waals surface area contributed by atoms with E-state index >= 15 is 0 Å². The van der Waals surface area contributed by atoms with Gasteiger partial charge in [0.15, 0.2) is 6.61 Å². The van der Waals surface area contributed by atoms with Crippen LogP contribution in [0.2, 0.25) is 0 Å². The van der Waals surface area contributed by atoms with E-state index in [1.807, 2.05) is 0 Å². The summed E-state index contributed by atoms with van der Waals surface area (Å²) in [6.45, 7) is 2.45. The second-order valence-electron chi connectivity index (χ2n) is 10.0. The van der Waals surface area contributed by atoms with Gasteiger partial charge in [0.1, 0.15) is 23.1 Å². The molecule has 0 saturated heterocycles. The lowest BCUT2D eigenvalue weighted by atomic mass is 10.1. The molecule has 0 unspecified atom stereocenters. The summed E-state index contributed by atoms with van der Waals surface area (Å²) in [7, 11) is -4.08. The number of hydrogen-bond donors (Lipinski definition) is 4. The van der Waals surface area contributed by atoms with E-state index in [1.165, 1.54) is 30.3 Å². The minimum Gasteiger partial charge on any atom is -0.484 e. The molecule has 256 valence electrons. The first-order valence-electron chi connectivity index (χ1n) is 14.2. The van der Waals surface area contributed by atoms with Gasteiger partial charge in [0.05, 0.1) is 6.04 Å².